The van der Waals surface area contributed by atoms with Gasteiger partial charge >= 0.3 is 0 Å². The standard InChI is InChI=1S/C6H11NO/c1-5(2)3-6(8)4-7/h5-6,8H,3H2,1-2H3/t6-/m1/s1. The molecule has 0 radical (unpaired) electrons. The number of hydrogen-bond donors (Lipinski definition) is 1. The Morgan fingerprint density at radius 1 is 1.62 bits per heavy atom. The van der Waals surface area contributed by atoms with Crippen LogP contribution in [0.4, 0.5) is 0 Å². The summed E-state index contributed by atoms with van der Waals surface area (Å²) in [7, 11) is 0. The van der Waals surface area contributed by atoms with Gasteiger partial charge in [-0.05, 0) is 12.3 Å². The van der Waals surface area contributed by atoms with Gasteiger partial charge in [-0.1, -0.05) is 13.8 Å². The highest BCUT2D eigenvalue weighted by atomic mass is 16.3. The van der Waals surface area contributed by atoms with E-state index < -0.39 is 6.10 Å². The Morgan fingerprint density at radius 2 is 2.12 bits per heavy atom. The molecule has 2 heteroatoms. The summed E-state index contributed by atoms with van der Waals surface area (Å²) in [5.74, 6) is 0.407. The van der Waals surface area contributed by atoms with Crippen molar-refractivity contribution in [2.75, 3.05) is 0 Å². The Bertz CT molecular complexity index is 93.2. The molecule has 0 heterocycles. The Kier molecular flexibility index (Phi) is 3.21. The summed E-state index contributed by atoms with van der Waals surface area (Å²) in [6.07, 6.45) is -0.189. The van der Waals surface area contributed by atoms with Gasteiger partial charge in [0.25, 0.3) is 0 Å². The lowest BCUT2D eigenvalue weighted by molar-refractivity contribution is 0.201. The predicted molar refractivity (Wildman–Crippen MR) is 31.1 cm³/mol. The minimum absolute atomic E-state index is 0.407. The number of hydrogen-bond acceptors (Lipinski definition) is 2. The molecule has 0 rings (SSSR count). The van der Waals surface area contributed by atoms with Gasteiger partial charge in [0.1, 0.15) is 6.10 Å². The van der Waals surface area contributed by atoms with Crippen LogP contribution >= 0.6 is 0 Å². The first kappa shape index (κ1) is 7.45. The van der Waals surface area contributed by atoms with Crippen LogP contribution in [0, 0.1) is 17.2 Å². The molecular formula is C6H11NO. The molecule has 46 valence electrons. The van der Waals surface area contributed by atoms with Crippen LogP contribution in [-0.2, 0) is 0 Å². The molecule has 1 N–H and O–H groups in total. The minimum Gasteiger partial charge on any atom is -0.378 e. The molecule has 0 aliphatic carbocycles. The van der Waals surface area contributed by atoms with E-state index in [9.17, 15) is 0 Å². The maximum absolute atomic E-state index is 8.67. The summed E-state index contributed by atoms with van der Waals surface area (Å²) >= 11 is 0. The Balaban J connectivity index is 3.28. The number of aliphatic hydroxyl groups excluding tert-OH is 1. The van der Waals surface area contributed by atoms with Crippen molar-refractivity contribution in [3.05, 3.63) is 0 Å². The highest BCUT2D eigenvalue weighted by Gasteiger charge is 2.02. The van der Waals surface area contributed by atoms with E-state index in [1.807, 2.05) is 13.8 Å². The summed E-state index contributed by atoms with van der Waals surface area (Å²) in [6.45, 7) is 3.95. The van der Waals surface area contributed by atoms with E-state index >= 15 is 0 Å². The third-order valence-corrected chi connectivity index (χ3v) is 0.844. The molecule has 0 amide bonds. The Morgan fingerprint density at radius 3 is 2.25 bits per heavy atom. The van der Waals surface area contributed by atoms with Crippen molar-refractivity contribution in [2.45, 2.75) is 26.4 Å². The maximum atomic E-state index is 8.67. The van der Waals surface area contributed by atoms with E-state index in [4.69, 9.17) is 10.4 Å². The molecular weight excluding hydrogens is 102 g/mol. The molecule has 0 spiro atoms. The molecule has 0 aromatic heterocycles. The summed E-state index contributed by atoms with van der Waals surface area (Å²) in [4.78, 5) is 0. The molecule has 0 saturated carbocycles. The van der Waals surface area contributed by atoms with Crippen LogP contribution in [0.25, 0.3) is 0 Å². The second kappa shape index (κ2) is 3.45. The molecule has 0 bridgehead atoms. The normalized spacial score (nSPS) is 13.4. The van der Waals surface area contributed by atoms with Crippen LogP contribution in [-0.4, -0.2) is 11.2 Å². The smallest absolute Gasteiger partial charge is 0.140 e. The summed E-state index contributed by atoms with van der Waals surface area (Å²) in [5, 5.41) is 16.8. The minimum atomic E-state index is -0.769. The van der Waals surface area contributed by atoms with Crippen LogP contribution in [0.1, 0.15) is 20.3 Å². The van der Waals surface area contributed by atoms with Crippen LogP contribution in [0.2, 0.25) is 0 Å². The molecule has 0 fully saturated rings. The SMILES string of the molecule is CC(C)C[C@@H](O)C#N. The van der Waals surface area contributed by atoms with Crippen LogP contribution in [0.3, 0.4) is 0 Å². The monoisotopic (exact) mass is 113 g/mol. The third-order valence-electron chi connectivity index (χ3n) is 0.844. The van der Waals surface area contributed by atoms with Crippen molar-refractivity contribution in [3.63, 3.8) is 0 Å². The van der Waals surface area contributed by atoms with E-state index in [1.165, 1.54) is 0 Å². The molecule has 8 heavy (non-hydrogen) atoms. The summed E-state index contributed by atoms with van der Waals surface area (Å²) in [5.41, 5.74) is 0. The first-order valence-corrected chi connectivity index (χ1v) is 2.74. The number of nitrogens with zero attached hydrogens (tertiary/aromatic N) is 1. The fourth-order valence-corrected chi connectivity index (χ4v) is 0.499. The highest BCUT2D eigenvalue weighted by Crippen LogP contribution is 2.02. The lowest BCUT2D eigenvalue weighted by atomic mass is 10.1. The first-order chi connectivity index (χ1) is 3.66. The average molecular weight is 113 g/mol. The van der Waals surface area contributed by atoms with Crippen LogP contribution in [0.15, 0.2) is 0 Å². The van der Waals surface area contributed by atoms with Gasteiger partial charge in [0.15, 0.2) is 0 Å². The van der Waals surface area contributed by atoms with Crippen molar-refractivity contribution in [1.29, 1.82) is 5.26 Å². The van der Waals surface area contributed by atoms with Crippen LogP contribution < -0.4 is 0 Å². The maximum Gasteiger partial charge on any atom is 0.140 e. The average Bonchev–Trinajstić information content (AvgIpc) is 1.65. The van der Waals surface area contributed by atoms with E-state index in [0.29, 0.717) is 12.3 Å². The van der Waals surface area contributed by atoms with E-state index in [2.05, 4.69) is 0 Å². The Labute approximate surface area is 49.8 Å². The zero-order valence-corrected chi connectivity index (χ0v) is 5.26. The molecule has 0 aromatic rings. The second-order valence-corrected chi connectivity index (χ2v) is 2.27. The summed E-state index contributed by atoms with van der Waals surface area (Å²) in [6, 6.07) is 1.75. The largest absolute Gasteiger partial charge is 0.378 e. The molecule has 0 saturated heterocycles. The van der Waals surface area contributed by atoms with Crippen molar-refractivity contribution >= 4 is 0 Å². The number of nitriles is 1. The lowest BCUT2D eigenvalue weighted by Gasteiger charge is -2.02. The topological polar surface area (TPSA) is 44.0 Å². The Hall–Kier alpha value is -0.550. The van der Waals surface area contributed by atoms with Gasteiger partial charge in [-0.2, -0.15) is 5.26 Å². The van der Waals surface area contributed by atoms with E-state index in [-0.39, 0.29) is 0 Å². The van der Waals surface area contributed by atoms with Gasteiger partial charge in [-0.3, -0.25) is 0 Å². The molecule has 0 aliphatic heterocycles. The van der Waals surface area contributed by atoms with Gasteiger partial charge in [-0.15, -0.1) is 0 Å². The third kappa shape index (κ3) is 3.63. The van der Waals surface area contributed by atoms with Crippen molar-refractivity contribution in [3.8, 4) is 6.07 Å². The number of aliphatic hydroxyl groups is 1. The van der Waals surface area contributed by atoms with E-state index in [0.717, 1.165) is 0 Å². The number of rotatable bonds is 2. The van der Waals surface area contributed by atoms with Crippen molar-refractivity contribution < 1.29 is 5.11 Å². The first-order valence-electron chi connectivity index (χ1n) is 2.74. The van der Waals surface area contributed by atoms with Crippen LogP contribution in [0.5, 0.6) is 0 Å². The summed E-state index contributed by atoms with van der Waals surface area (Å²) < 4.78 is 0. The predicted octanol–water partition coefficient (Wildman–Crippen LogP) is 0.917. The van der Waals surface area contributed by atoms with Gasteiger partial charge in [-0.25, -0.2) is 0 Å². The fourth-order valence-electron chi connectivity index (χ4n) is 0.499. The molecule has 0 aliphatic rings. The van der Waals surface area contributed by atoms with E-state index in [1.54, 1.807) is 6.07 Å². The van der Waals surface area contributed by atoms with Gasteiger partial charge < -0.3 is 5.11 Å². The van der Waals surface area contributed by atoms with Gasteiger partial charge in [0.2, 0.25) is 0 Å². The van der Waals surface area contributed by atoms with Crippen molar-refractivity contribution in [1.82, 2.24) is 0 Å². The molecule has 0 aromatic carbocycles. The van der Waals surface area contributed by atoms with Gasteiger partial charge in [0, 0.05) is 0 Å². The quantitative estimate of drug-likeness (QED) is 0.541. The zero-order chi connectivity index (χ0) is 6.57. The second-order valence-electron chi connectivity index (χ2n) is 2.27. The lowest BCUT2D eigenvalue weighted by Crippen LogP contribution is -2.05. The molecule has 1 atom stereocenters. The molecule has 2 nitrogen and oxygen atoms in total. The highest BCUT2D eigenvalue weighted by molar-refractivity contribution is 4.82. The fraction of sp³-hybridized carbons (Fsp3) is 0.833. The van der Waals surface area contributed by atoms with Gasteiger partial charge in [0.05, 0.1) is 6.07 Å². The molecule has 0 unspecified atom stereocenters. The van der Waals surface area contributed by atoms with Crippen molar-refractivity contribution in [2.24, 2.45) is 5.92 Å². The zero-order valence-electron chi connectivity index (χ0n) is 5.26.